The highest BCUT2D eigenvalue weighted by Crippen LogP contribution is 2.34. The van der Waals surface area contributed by atoms with Gasteiger partial charge in [0.05, 0.1) is 13.2 Å². The molecule has 0 bridgehead atoms. The quantitative estimate of drug-likeness (QED) is 0.939. The standard InChI is InChI=1S/C16H14ClFO3/c17-13-6-10-4-5-20-15(10)12(7-13)9-21-16-11(8-19)2-1-3-14(16)18/h1-3,6-7,19H,4-5,8-9H2. The molecular formula is C16H14ClFO3. The summed E-state index contributed by atoms with van der Waals surface area (Å²) in [5.41, 5.74) is 2.23. The number of para-hydroxylation sites is 1. The molecule has 1 heterocycles. The van der Waals surface area contributed by atoms with Gasteiger partial charge in [0.25, 0.3) is 0 Å². The molecule has 0 saturated carbocycles. The zero-order valence-electron chi connectivity index (χ0n) is 11.2. The minimum absolute atomic E-state index is 0.0618. The Bertz CT molecular complexity index is 673. The molecule has 0 atom stereocenters. The molecule has 2 aromatic rings. The fraction of sp³-hybridized carbons (Fsp3) is 0.250. The van der Waals surface area contributed by atoms with Crippen LogP contribution in [0.1, 0.15) is 16.7 Å². The van der Waals surface area contributed by atoms with Crippen LogP contribution in [-0.4, -0.2) is 11.7 Å². The van der Waals surface area contributed by atoms with Gasteiger partial charge in [-0.1, -0.05) is 23.7 Å². The van der Waals surface area contributed by atoms with E-state index in [0.717, 1.165) is 23.3 Å². The number of hydrogen-bond acceptors (Lipinski definition) is 3. The van der Waals surface area contributed by atoms with Gasteiger partial charge in [-0.3, -0.25) is 0 Å². The van der Waals surface area contributed by atoms with Gasteiger partial charge < -0.3 is 14.6 Å². The summed E-state index contributed by atoms with van der Waals surface area (Å²) in [4.78, 5) is 0. The number of halogens is 2. The van der Waals surface area contributed by atoms with Crippen LogP contribution in [0.15, 0.2) is 30.3 Å². The maximum Gasteiger partial charge on any atom is 0.165 e. The van der Waals surface area contributed by atoms with Crippen LogP contribution in [-0.2, 0) is 19.6 Å². The summed E-state index contributed by atoms with van der Waals surface area (Å²) >= 11 is 6.07. The van der Waals surface area contributed by atoms with Gasteiger partial charge in [0, 0.05) is 22.6 Å². The van der Waals surface area contributed by atoms with E-state index in [2.05, 4.69) is 0 Å². The maximum absolute atomic E-state index is 13.8. The van der Waals surface area contributed by atoms with Crippen molar-refractivity contribution in [3.63, 3.8) is 0 Å². The second-order valence-electron chi connectivity index (χ2n) is 4.83. The molecule has 0 unspecified atom stereocenters. The maximum atomic E-state index is 13.8. The molecule has 0 spiro atoms. The van der Waals surface area contributed by atoms with E-state index in [0.29, 0.717) is 17.2 Å². The molecule has 110 valence electrons. The predicted octanol–water partition coefficient (Wildman–Crippen LogP) is 3.49. The summed E-state index contributed by atoms with van der Waals surface area (Å²) in [7, 11) is 0. The fourth-order valence-corrected chi connectivity index (χ4v) is 2.71. The SMILES string of the molecule is OCc1cccc(F)c1OCc1cc(Cl)cc2c1OCC2. The van der Waals surface area contributed by atoms with Crippen molar-refractivity contribution < 1.29 is 19.0 Å². The summed E-state index contributed by atoms with van der Waals surface area (Å²) < 4.78 is 24.9. The Hall–Kier alpha value is -1.78. The van der Waals surface area contributed by atoms with Gasteiger partial charge in [0.2, 0.25) is 0 Å². The molecule has 1 N–H and O–H groups in total. The third-order valence-corrected chi connectivity index (χ3v) is 3.63. The first-order valence-electron chi connectivity index (χ1n) is 6.64. The van der Waals surface area contributed by atoms with Gasteiger partial charge in [0.15, 0.2) is 11.6 Å². The Labute approximate surface area is 126 Å². The zero-order chi connectivity index (χ0) is 14.8. The number of aliphatic hydroxyl groups excluding tert-OH is 1. The average Bonchev–Trinajstić information content (AvgIpc) is 2.93. The molecule has 2 aromatic carbocycles. The first-order valence-corrected chi connectivity index (χ1v) is 7.02. The van der Waals surface area contributed by atoms with Crippen molar-refractivity contribution in [2.75, 3.05) is 6.61 Å². The second-order valence-corrected chi connectivity index (χ2v) is 5.26. The van der Waals surface area contributed by atoms with Crippen molar-refractivity contribution in [3.8, 4) is 11.5 Å². The Kier molecular flexibility index (Phi) is 3.99. The Morgan fingerprint density at radius 3 is 2.95 bits per heavy atom. The molecule has 3 rings (SSSR count). The van der Waals surface area contributed by atoms with Crippen molar-refractivity contribution in [3.05, 3.63) is 57.9 Å². The third-order valence-electron chi connectivity index (χ3n) is 3.42. The normalized spacial score (nSPS) is 12.9. The molecule has 21 heavy (non-hydrogen) atoms. The van der Waals surface area contributed by atoms with Crippen molar-refractivity contribution in [1.29, 1.82) is 0 Å². The van der Waals surface area contributed by atoms with Gasteiger partial charge >= 0.3 is 0 Å². The highest BCUT2D eigenvalue weighted by atomic mass is 35.5. The molecule has 1 aliphatic rings. The van der Waals surface area contributed by atoms with Crippen LogP contribution in [0.5, 0.6) is 11.5 Å². The molecule has 0 radical (unpaired) electrons. The first kappa shape index (κ1) is 14.2. The van der Waals surface area contributed by atoms with Crippen LogP contribution in [0, 0.1) is 5.82 Å². The number of hydrogen-bond donors (Lipinski definition) is 1. The monoisotopic (exact) mass is 308 g/mol. The lowest BCUT2D eigenvalue weighted by Gasteiger charge is -2.13. The molecular weight excluding hydrogens is 295 g/mol. The summed E-state index contributed by atoms with van der Waals surface area (Å²) in [5, 5.41) is 9.85. The van der Waals surface area contributed by atoms with E-state index in [-0.39, 0.29) is 19.0 Å². The predicted molar refractivity (Wildman–Crippen MR) is 77.3 cm³/mol. The topological polar surface area (TPSA) is 38.7 Å². The van der Waals surface area contributed by atoms with Gasteiger partial charge in [-0.05, 0) is 23.8 Å². The second kappa shape index (κ2) is 5.92. The van der Waals surface area contributed by atoms with Crippen molar-refractivity contribution in [1.82, 2.24) is 0 Å². The molecule has 1 aliphatic heterocycles. The van der Waals surface area contributed by atoms with Crippen molar-refractivity contribution in [2.24, 2.45) is 0 Å². The number of fused-ring (bicyclic) bond motifs is 1. The number of rotatable bonds is 4. The van der Waals surface area contributed by atoms with E-state index in [1.807, 2.05) is 6.07 Å². The van der Waals surface area contributed by atoms with Gasteiger partial charge in [-0.15, -0.1) is 0 Å². The number of ether oxygens (including phenoxy) is 2. The van der Waals surface area contributed by atoms with Crippen LogP contribution >= 0.6 is 11.6 Å². The van der Waals surface area contributed by atoms with Crippen LogP contribution in [0.25, 0.3) is 0 Å². The van der Waals surface area contributed by atoms with Crippen LogP contribution in [0.4, 0.5) is 4.39 Å². The molecule has 0 aliphatic carbocycles. The summed E-state index contributed by atoms with van der Waals surface area (Å²) in [6, 6.07) is 8.08. The molecule has 3 nitrogen and oxygen atoms in total. The molecule has 0 aromatic heterocycles. The largest absolute Gasteiger partial charge is 0.493 e. The van der Waals surface area contributed by atoms with Crippen LogP contribution in [0.2, 0.25) is 5.02 Å². The zero-order valence-corrected chi connectivity index (χ0v) is 12.0. The lowest BCUT2D eigenvalue weighted by molar-refractivity contribution is 0.248. The number of aliphatic hydroxyl groups is 1. The summed E-state index contributed by atoms with van der Waals surface area (Å²) in [6.45, 7) is 0.471. The molecule has 0 amide bonds. The number of benzene rings is 2. The summed E-state index contributed by atoms with van der Waals surface area (Å²) in [5.74, 6) is 0.328. The van der Waals surface area contributed by atoms with E-state index >= 15 is 0 Å². The highest BCUT2D eigenvalue weighted by Gasteiger charge is 2.19. The Balaban J connectivity index is 1.86. The minimum Gasteiger partial charge on any atom is -0.493 e. The highest BCUT2D eigenvalue weighted by molar-refractivity contribution is 6.30. The summed E-state index contributed by atoms with van der Waals surface area (Å²) in [6.07, 6.45) is 0.810. The van der Waals surface area contributed by atoms with Crippen molar-refractivity contribution >= 4 is 11.6 Å². The van der Waals surface area contributed by atoms with Gasteiger partial charge in [-0.25, -0.2) is 4.39 Å². The van der Waals surface area contributed by atoms with Crippen molar-refractivity contribution in [2.45, 2.75) is 19.6 Å². The van der Waals surface area contributed by atoms with E-state index in [1.165, 1.54) is 12.1 Å². The minimum atomic E-state index is -0.499. The molecule has 0 saturated heterocycles. The Morgan fingerprint density at radius 1 is 1.29 bits per heavy atom. The lowest BCUT2D eigenvalue weighted by atomic mass is 10.1. The molecule has 0 fully saturated rings. The van der Waals surface area contributed by atoms with E-state index in [9.17, 15) is 9.50 Å². The van der Waals surface area contributed by atoms with E-state index in [4.69, 9.17) is 21.1 Å². The van der Waals surface area contributed by atoms with Crippen LogP contribution in [0.3, 0.4) is 0 Å². The average molecular weight is 309 g/mol. The molecule has 5 heteroatoms. The van der Waals surface area contributed by atoms with E-state index in [1.54, 1.807) is 12.1 Å². The lowest BCUT2D eigenvalue weighted by Crippen LogP contribution is -2.03. The van der Waals surface area contributed by atoms with Gasteiger partial charge in [0.1, 0.15) is 12.4 Å². The first-order chi connectivity index (χ1) is 10.2. The Morgan fingerprint density at radius 2 is 2.14 bits per heavy atom. The third kappa shape index (κ3) is 2.82. The van der Waals surface area contributed by atoms with Crippen LogP contribution < -0.4 is 9.47 Å². The van der Waals surface area contributed by atoms with Gasteiger partial charge in [-0.2, -0.15) is 0 Å². The smallest absolute Gasteiger partial charge is 0.165 e. The fourth-order valence-electron chi connectivity index (χ4n) is 2.44. The van der Waals surface area contributed by atoms with E-state index < -0.39 is 5.82 Å².